The number of amides is 2. The molecule has 6 nitrogen and oxygen atoms in total. The molecule has 1 aliphatic heterocycles. The summed E-state index contributed by atoms with van der Waals surface area (Å²) in [5, 5.41) is 5.07. The van der Waals surface area contributed by atoms with E-state index in [9.17, 15) is 18.0 Å². The van der Waals surface area contributed by atoms with Crippen molar-refractivity contribution in [2.75, 3.05) is 16.8 Å². The maximum absolute atomic E-state index is 12.0. The molecule has 1 aromatic carbocycles. The Labute approximate surface area is 130 Å². The lowest BCUT2D eigenvalue weighted by molar-refractivity contribution is -0.136. The van der Waals surface area contributed by atoms with Crippen LogP contribution in [-0.2, 0) is 19.4 Å². The molecule has 120 valence electrons. The molecule has 0 spiro atoms. The van der Waals surface area contributed by atoms with Crippen LogP contribution in [0.2, 0.25) is 0 Å². The molecule has 1 saturated heterocycles. The minimum absolute atomic E-state index is 0.0513. The predicted molar refractivity (Wildman–Crippen MR) is 84.5 cm³/mol. The summed E-state index contributed by atoms with van der Waals surface area (Å²) >= 11 is 0. The fourth-order valence-electron chi connectivity index (χ4n) is 2.71. The lowest BCUT2D eigenvalue weighted by atomic mass is 10.1. The van der Waals surface area contributed by atoms with E-state index in [2.05, 4.69) is 10.6 Å². The van der Waals surface area contributed by atoms with E-state index in [1.165, 1.54) is 0 Å². The molecule has 0 saturated carbocycles. The van der Waals surface area contributed by atoms with Gasteiger partial charge >= 0.3 is 11.8 Å². The van der Waals surface area contributed by atoms with Gasteiger partial charge in [-0.2, -0.15) is 0 Å². The van der Waals surface area contributed by atoms with Crippen LogP contribution < -0.4 is 10.6 Å². The second kappa shape index (κ2) is 6.08. The number of carbonyl (C=O) groups is 2. The number of rotatable bonds is 2. The summed E-state index contributed by atoms with van der Waals surface area (Å²) in [6.45, 7) is 5.67. The Hall–Kier alpha value is -1.89. The first-order valence-electron chi connectivity index (χ1n) is 7.08. The third kappa shape index (κ3) is 3.85. The number of hydrogen-bond donors (Lipinski definition) is 2. The molecule has 2 amide bonds. The summed E-state index contributed by atoms with van der Waals surface area (Å²) in [4.78, 5) is 23.9. The van der Waals surface area contributed by atoms with E-state index in [1.54, 1.807) is 0 Å². The summed E-state index contributed by atoms with van der Waals surface area (Å²) in [5.74, 6) is -1.63. The Kier molecular flexibility index (Phi) is 4.55. The number of carbonyl (C=O) groups excluding carboxylic acids is 2. The van der Waals surface area contributed by atoms with Crippen LogP contribution in [-0.4, -0.2) is 37.8 Å². The van der Waals surface area contributed by atoms with Gasteiger partial charge in [-0.1, -0.05) is 17.7 Å². The number of anilines is 1. The molecule has 0 aromatic heterocycles. The molecule has 0 bridgehead atoms. The SMILES string of the molecule is Cc1cc(C)c(NC(=O)C(=O)NC2CCS(=O)(=O)C2)c(C)c1. The Morgan fingerprint density at radius 2 is 1.68 bits per heavy atom. The molecular formula is C15H20N2O4S. The zero-order valence-electron chi connectivity index (χ0n) is 12.9. The largest absolute Gasteiger partial charge is 0.344 e. The van der Waals surface area contributed by atoms with Gasteiger partial charge in [0.25, 0.3) is 0 Å². The molecule has 1 aromatic rings. The second-order valence-corrected chi connectivity index (χ2v) is 8.03. The molecule has 0 radical (unpaired) electrons. The summed E-state index contributed by atoms with van der Waals surface area (Å²) < 4.78 is 22.7. The Bertz CT molecular complexity index is 702. The van der Waals surface area contributed by atoms with E-state index >= 15 is 0 Å². The third-order valence-electron chi connectivity index (χ3n) is 3.69. The Balaban J connectivity index is 2.02. The molecular weight excluding hydrogens is 304 g/mol. The van der Waals surface area contributed by atoms with Gasteiger partial charge in [-0.15, -0.1) is 0 Å². The highest BCUT2D eigenvalue weighted by Crippen LogP contribution is 2.21. The van der Waals surface area contributed by atoms with Crippen molar-refractivity contribution < 1.29 is 18.0 Å². The van der Waals surface area contributed by atoms with E-state index in [4.69, 9.17) is 0 Å². The van der Waals surface area contributed by atoms with Crippen LogP contribution in [0, 0.1) is 20.8 Å². The molecule has 0 aliphatic carbocycles. The summed E-state index contributed by atoms with van der Waals surface area (Å²) in [5.41, 5.74) is 3.45. The minimum atomic E-state index is -3.09. The fourth-order valence-corrected chi connectivity index (χ4v) is 4.38. The third-order valence-corrected chi connectivity index (χ3v) is 5.46. The zero-order valence-corrected chi connectivity index (χ0v) is 13.7. The van der Waals surface area contributed by atoms with Gasteiger partial charge < -0.3 is 10.6 Å². The second-order valence-electron chi connectivity index (χ2n) is 5.80. The van der Waals surface area contributed by atoms with Crippen molar-refractivity contribution in [3.8, 4) is 0 Å². The summed E-state index contributed by atoms with van der Waals surface area (Å²) in [6.07, 6.45) is 0.351. The first kappa shape index (κ1) is 16.5. The average molecular weight is 324 g/mol. The maximum Gasteiger partial charge on any atom is 0.313 e. The van der Waals surface area contributed by atoms with Crippen LogP contribution in [0.4, 0.5) is 5.69 Å². The monoisotopic (exact) mass is 324 g/mol. The first-order valence-corrected chi connectivity index (χ1v) is 8.90. The van der Waals surface area contributed by atoms with E-state index in [1.807, 2.05) is 32.9 Å². The Morgan fingerprint density at radius 1 is 1.09 bits per heavy atom. The molecule has 1 fully saturated rings. The zero-order chi connectivity index (χ0) is 16.5. The Morgan fingerprint density at radius 3 is 2.18 bits per heavy atom. The van der Waals surface area contributed by atoms with Crippen LogP contribution in [0.1, 0.15) is 23.1 Å². The van der Waals surface area contributed by atoms with Crippen LogP contribution in [0.25, 0.3) is 0 Å². The van der Waals surface area contributed by atoms with Gasteiger partial charge in [0.15, 0.2) is 9.84 Å². The molecule has 22 heavy (non-hydrogen) atoms. The highest BCUT2D eigenvalue weighted by Gasteiger charge is 2.30. The van der Waals surface area contributed by atoms with Gasteiger partial charge in [-0.05, 0) is 38.3 Å². The van der Waals surface area contributed by atoms with Crippen molar-refractivity contribution in [1.29, 1.82) is 0 Å². The summed E-state index contributed by atoms with van der Waals surface area (Å²) in [6, 6.07) is 3.36. The van der Waals surface area contributed by atoms with Crippen LogP contribution in [0.3, 0.4) is 0 Å². The lowest BCUT2D eigenvalue weighted by Gasteiger charge is -2.14. The lowest BCUT2D eigenvalue weighted by Crippen LogP contribution is -2.42. The van der Waals surface area contributed by atoms with Crippen molar-refractivity contribution in [2.45, 2.75) is 33.2 Å². The van der Waals surface area contributed by atoms with E-state index in [0.717, 1.165) is 16.7 Å². The van der Waals surface area contributed by atoms with E-state index in [-0.39, 0.29) is 11.5 Å². The van der Waals surface area contributed by atoms with Gasteiger partial charge in [-0.3, -0.25) is 9.59 Å². The van der Waals surface area contributed by atoms with Crippen molar-refractivity contribution in [1.82, 2.24) is 5.32 Å². The first-order chi connectivity index (χ1) is 10.2. The molecule has 7 heteroatoms. The van der Waals surface area contributed by atoms with Gasteiger partial charge in [0, 0.05) is 11.7 Å². The maximum atomic E-state index is 12.0. The van der Waals surface area contributed by atoms with E-state index in [0.29, 0.717) is 12.1 Å². The van der Waals surface area contributed by atoms with Crippen molar-refractivity contribution in [3.63, 3.8) is 0 Å². The topological polar surface area (TPSA) is 92.3 Å². The molecule has 1 heterocycles. The number of benzene rings is 1. The average Bonchev–Trinajstić information content (AvgIpc) is 2.72. The molecule has 2 rings (SSSR count). The minimum Gasteiger partial charge on any atom is -0.344 e. The van der Waals surface area contributed by atoms with Gasteiger partial charge in [-0.25, -0.2) is 8.42 Å². The molecule has 2 N–H and O–H groups in total. The quantitative estimate of drug-likeness (QED) is 0.789. The van der Waals surface area contributed by atoms with E-state index < -0.39 is 27.7 Å². The highest BCUT2D eigenvalue weighted by molar-refractivity contribution is 7.91. The predicted octanol–water partition coefficient (Wildman–Crippen LogP) is 0.854. The molecule has 1 unspecified atom stereocenters. The smallest absolute Gasteiger partial charge is 0.313 e. The number of aryl methyl sites for hydroxylation is 3. The number of nitrogens with one attached hydrogen (secondary N) is 2. The molecule has 1 atom stereocenters. The van der Waals surface area contributed by atoms with Crippen LogP contribution in [0.15, 0.2) is 12.1 Å². The fraction of sp³-hybridized carbons (Fsp3) is 0.467. The van der Waals surface area contributed by atoms with Crippen molar-refractivity contribution in [3.05, 3.63) is 28.8 Å². The van der Waals surface area contributed by atoms with Gasteiger partial charge in [0.2, 0.25) is 0 Å². The standard InChI is InChI=1S/C15H20N2O4S/c1-9-6-10(2)13(11(3)7-9)17-15(19)14(18)16-12-4-5-22(20,21)8-12/h6-7,12H,4-5,8H2,1-3H3,(H,16,18)(H,17,19). The number of hydrogen-bond acceptors (Lipinski definition) is 4. The van der Waals surface area contributed by atoms with Crippen LogP contribution in [0.5, 0.6) is 0 Å². The normalized spacial score (nSPS) is 19.7. The molecule has 1 aliphatic rings. The summed E-state index contributed by atoms with van der Waals surface area (Å²) in [7, 11) is -3.09. The van der Waals surface area contributed by atoms with Gasteiger partial charge in [0.1, 0.15) is 0 Å². The number of sulfone groups is 1. The van der Waals surface area contributed by atoms with Crippen molar-refractivity contribution >= 4 is 27.3 Å². The van der Waals surface area contributed by atoms with Crippen LogP contribution >= 0.6 is 0 Å². The van der Waals surface area contributed by atoms with Crippen molar-refractivity contribution in [2.24, 2.45) is 0 Å². The van der Waals surface area contributed by atoms with Gasteiger partial charge in [0.05, 0.1) is 11.5 Å². The highest BCUT2D eigenvalue weighted by atomic mass is 32.2.